The van der Waals surface area contributed by atoms with Crippen LogP contribution < -0.4 is 5.32 Å². The standard InChI is InChI=1S/C22H25N3O2/c1-2-11-23-21(26)19-9-6-10-20(16-19)22(27)25-14-12-24(13-15-25)17-18-7-4-3-5-8-18/h2-10,16H,1,11-15,17H2,(H,23,26). The molecule has 1 saturated heterocycles. The highest BCUT2D eigenvalue weighted by atomic mass is 16.2. The van der Waals surface area contributed by atoms with Gasteiger partial charge < -0.3 is 10.2 Å². The maximum atomic E-state index is 12.8. The predicted molar refractivity (Wildman–Crippen MR) is 107 cm³/mol. The van der Waals surface area contributed by atoms with E-state index in [1.165, 1.54) is 5.56 Å². The highest BCUT2D eigenvalue weighted by molar-refractivity contribution is 5.99. The van der Waals surface area contributed by atoms with E-state index in [0.717, 1.165) is 19.6 Å². The van der Waals surface area contributed by atoms with E-state index in [0.29, 0.717) is 30.8 Å². The van der Waals surface area contributed by atoms with Crippen molar-refractivity contribution in [2.24, 2.45) is 0 Å². The third-order valence-electron chi connectivity index (χ3n) is 4.69. The van der Waals surface area contributed by atoms with Gasteiger partial charge in [0.05, 0.1) is 0 Å². The van der Waals surface area contributed by atoms with Gasteiger partial charge in [-0.05, 0) is 23.8 Å². The molecule has 0 unspecified atom stereocenters. The van der Waals surface area contributed by atoms with Crippen LogP contribution in [0.5, 0.6) is 0 Å². The number of piperazine rings is 1. The minimum Gasteiger partial charge on any atom is -0.349 e. The van der Waals surface area contributed by atoms with Crippen LogP contribution in [0.3, 0.4) is 0 Å². The molecule has 0 radical (unpaired) electrons. The number of rotatable bonds is 6. The van der Waals surface area contributed by atoms with Gasteiger partial charge in [-0.15, -0.1) is 6.58 Å². The van der Waals surface area contributed by atoms with Gasteiger partial charge in [0.2, 0.25) is 0 Å². The number of benzene rings is 2. The van der Waals surface area contributed by atoms with E-state index < -0.39 is 0 Å². The molecule has 5 heteroatoms. The van der Waals surface area contributed by atoms with Crippen LogP contribution in [0.15, 0.2) is 67.3 Å². The first kappa shape index (κ1) is 18.9. The SMILES string of the molecule is C=CCNC(=O)c1cccc(C(=O)N2CCN(Cc3ccccc3)CC2)c1. The summed E-state index contributed by atoms with van der Waals surface area (Å²) in [6, 6.07) is 17.3. The van der Waals surface area contributed by atoms with Crippen LogP contribution >= 0.6 is 0 Å². The van der Waals surface area contributed by atoms with Gasteiger partial charge in [-0.2, -0.15) is 0 Å². The quantitative estimate of drug-likeness (QED) is 0.803. The summed E-state index contributed by atoms with van der Waals surface area (Å²) in [4.78, 5) is 29.1. The smallest absolute Gasteiger partial charge is 0.253 e. The van der Waals surface area contributed by atoms with Gasteiger partial charge in [-0.25, -0.2) is 0 Å². The second kappa shape index (κ2) is 9.14. The fourth-order valence-corrected chi connectivity index (χ4v) is 3.19. The van der Waals surface area contributed by atoms with Crippen molar-refractivity contribution in [3.63, 3.8) is 0 Å². The van der Waals surface area contributed by atoms with Crippen molar-refractivity contribution in [2.75, 3.05) is 32.7 Å². The largest absolute Gasteiger partial charge is 0.349 e. The monoisotopic (exact) mass is 363 g/mol. The zero-order valence-corrected chi connectivity index (χ0v) is 15.4. The molecule has 2 amide bonds. The fourth-order valence-electron chi connectivity index (χ4n) is 3.19. The lowest BCUT2D eigenvalue weighted by molar-refractivity contribution is 0.0628. The molecule has 2 aromatic carbocycles. The van der Waals surface area contributed by atoms with Crippen molar-refractivity contribution < 1.29 is 9.59 Å². The molecule has 0 saturated carbocycles. The molecule has 1 N–H and O–H groups in total. The van der Waals surface area contributed by atoms with Crippen molar-refractivity contribution in [2.45, 2.75) is 6.54 Å². The summed E-state index contributed by atoms with van der Waals surface area (Å²) in [6.45, 7) is 7.97. The molecule has 5 nitrogen and oxygen atoms in total. The number of carbonyl (C=O) groups is 2. The van der Waals surface area contributed by atoms with Crippen molar-refractivity contribution in [3.8, 4) is 0 Å². The first-order valence-electron chi connectivity index (χ1n) is 9.22. The Morgan fingerprint density at radius 1 is 0.963 bits per heavy atom. The van der Waals surface area contributed by atoms with Gasteiger partial charge in [0.1, 0.15) is 0 Å². The third-order valence-corrected chi connectivity index (χ3v) is 4.69. The maximum absolute atomic E-state index is 12.8. The van der Waals surface area contributed by atoms with E-state index in [4.69, 9.17) is 0 Å². The summed E-state index contributed by atoms with van der Waals surface area (Å²) < 4.78 is 0. The molecule has 1 fully saturated rings. The topological polar surface area (TPSA) is 52.7 Å². The molecule has 1 aliphatic heterocycles. The molecule has 140 valence electrons. The zero-order chi connectivity index (χ0) is 19.1. The van der Waals surface area contributed by atoms with Gasteiger partial charge in [0.15, 0.2) is 0 Å². The lowest BCUT2D eigenvalue weighted by Gasteiger charge is -2.34. The van der Waals surface area contributed by atoms with Crippen molar-refractivity contribution in [1.82, 2.24) is 15.1 Å². The van der Waals surface area contributed by atoms with Crippen LogP contribution in [-0.4, -0.2) is 54.3 Å². The first-order valence-corrected chi connectivity index (χ1v) is 9.22. The molecule has 3 rings (SSSR count). The summed E-state index contributed by atoms with van der Waals surface area (Å²) in [6.07, 6.45) is 1.63. The van der Waals surface area contributed by atoms with Crippen LogP contribution in [0.25, 0.3) is 0 Å². The minimum absolute atomic E-state index is 0.0206. The summed E-state index contributed by atoms with van der Waals surface area (Å²) in [7, 11) is 0. The van der Waals surface area contributed by atoms with E-state index >= 15 is 0 Å². The van der Waals surface area contributed by atoms with Gasteiger partial charge in [-0.3, -0.25) is 14.5 Å². The first-order chi connectivity index (χ1) is 13.2. The van der Waals surface area contributed by atoms with E-state index in [9.17, 15) is 9.59 Å². The fraction of sp³-hybridized carbons (Fsp3) is 0.273. The number of carbonyl (C=O) groups excluding carboxylic acids is 2. The maximum Gasteiger partial charge on any atom is 0.253 e. The van der Waals surface area contributed by atoms with Crippen molar-refractivity contribution in [3.05, 3.63) is 83.9 Å². The van der Waals surface area contributed by atoms with Gasteiger partial charge >= 0.3 is 0 Å². The Kier molecular flexibility index (Phi) is 6.39. The van der Waals surface area contributed by atoms with Crippen LogP contribution in [0.4, 0.5) is 0 Å². The Labute approximate surface area is 160 Å². The van der Waals surface area contributed by atoms with Crippen LogP contribution in [0.2, 0.25) is 0 Å². The number of hydrogen-bond acceptors (Lipinski definition) is 3. The molecule has 1 heterocycles. The Morgan fingerprint density at radius 2 is 1.67 bits per heavy atom. The molecule has 2 aromatic rings. The molecule has 0 aromatic heterocycles. The van der Waals surface area contributed by atoms with Crippen molar-refractivity contribution in [1.29, 1.82) is 0 Å². The molecule has 1 aliphatic rings. The molecular formula is C22H25N3O2. The molecule has 0 spiro atoms. The van der Waals surface area contributed by atoms with E-state index in [1.54, 1.807) is 30.3 Å². The second-order valence-electron chi connectivity index (χ2n) is 6.63. The molecule has 0 bridgehead atoms. The number of nitrogens with one attached hydrogen (secondary N) is 1. The summed E-state index contributed by atoms with van der Waals surface area (Å²) in [5.74, 6) is -0.218. The Hall–Kier alpha value is -2.92. The lowest BCUT2D eigenvalue weighted by Crippen LogP contribution is -2.48. The molecule has 0 atom stereocenters. The van der Waals surface area contributed by atoms with Gasteiger partial charge in [0.25, 0.3) is 11.8 Å². The summed E-state index contributed by atoms with van der Waals surface area (Å²) in [5, 5.41) is 2.73. The average molecular weight is 363 g/mol. The Morgan fingerprint density at radius 3 is 2.37 bits per heavy atom. The van der Waals surface area contributed by atoms with E-state index in [-0.39, 0.29) is 11.8 Å². The number of hydrogen-bond donors (Lipinski definition) is 1. The van der Waals surface area contributed by atoms with Crippen LogP contribution in [-0.2, 0) is 6.54 Å². The minimum atomic E-state index is -0.197. The third kappa shape index (κ3) is 5.05. The number of amides is 2. The predicted octanol–water partition coefficient (Wildman–Crippen LogP) is 2.56. The van der Waals surface area contributed by atoms with E-state index in [2.05, 4.69) is 28.9 Å². The number of nitrogens with zero attached hydrogens (tertiary/aromatic N) is 2. The highest BCUT2D eigenvalue weighted by Crippen LogP contribution is 2.13. The zero-order valence-electron chi connectivity index (χ0n) is 15.4. The summed E-state index contributed by atoms with van der Waals surface area (Å²) >= 11 is 0. The van der Waals surface area contributed by atoms with Crippen LogP contribution in [0, 0.1) is 0 Å². The Bertz CT molecular complexity index is 796. The second-order valence-corrected chi connectivity index (χ2v) is 6.63. The molecule has 27 heavy (non-hydrogen) atoms. The highest BCUT2D eigenvalue weighted by Gasteiger charge is 2.22. The van der Waals surface area contributed by atoms with Crippen molar-refractivity contribution >= 4 is 11.8 Å². The molecule has 0 aliphatic carbocycles. The Balaban J connectivity index is 1.57. The van der Waals surface area contributed by atoms with Crippen LogP contribution in [0.1, 0.15) is 26.3 Å². The lowest BCUT2D eigenvalue weighted by atomic mass is 10.1. The average Bonchev–Trinajstić information content (AvgIpc) is 2.73. The van der Waals surface area contributed by atoms with Gasteiger partial charge in [-0.1, -0.05) is 42.5 Å². The van der Waals surface area contributed by atoms with E-state index in [1.807, 2.05) is 23.1 Å². The normalized spacial score (nSPS) is 14.6. The summed E-state index contributed by atoms with van der Waals surface area (Å²) in [5.41, 5.74) is 2.33. The molecular weight excluding hydrogens is 338 g/mol. The van der Waals surface area contributed by atoms with Gasteiger partial charge in [0, 0.05) is 50.4 Å².